The van der Waals surface area contributed by atoms with Crippen LogP contribution in [0.1, 0.15) is 16.1 Å². The van der Waals surface area contributed by atoms with E-state index >= 15 is 0 Å². The van der Waals surface area contributed by atoms with Crippen molar-refractivity contribution in [1.82, 2.24) is 10.2 Å². The summed E-state index contributed by atoms with van der Waals surface area (Å²) in [7, 11) is 0. The van der Waals surface area contributed by atoms with E-state index in [1.807, 2.05) is 6.92 Å². The maximum atomic E-state index is 11.8. The summed E-state index contributed by atoms with van der Waals surface area (Å²) in [6.07, 6.45) is 0. The molecule has 0 atom stereocenters. The zero-order valence-corrected chi connectivity index (χ0v) is 9.19. The molecule has 0 spiro atoms. The highest BCUT2D eigenvalue weighted by Gasteiger charge is 2.09. The van der Waals surface area contributed by atoms with Gasteiger partial charge in [-0.3, -0.25) is 9.89 Å². The minimum absolute atomic E-state index is 0.115. The molecule has 1 heterocycles. The zero-order valence-electron chi connectivity index (χ0n) is 9.19. The number of carbonyl (C=O) groups is 1. The van der Waals surface area contributed by atoms with Gasteiger partial charge in [-0.2, -0.15) is 5.10 Å². The second-order valence-electron chi connectivity index (χ2n) is 3.66. The fourth-order valence-electron chi connectivity index (χ4n) is 1.36. The van der Waals surface area contributed by atoms with Crippen molar-refractivity contribution in [3.05, 3.63) is 35.5 Å². The number of aromatic hydroxyl groups is 1. The second kappa shape index (κ2) is 4.17. The Balaban J connectivity index is 2.17. The SMILES string of the molecule is Cc1cc(NC(=O)c2ccc(N)c(O)c2)n[nH]1. The van der Waals surface area contributed by atoms with Crippen molar-refractivity contribution in [3.63, 3.8) is 0 Å². The van der Waals surface area contributed by atoms with Crippen molar-refractivity contribution in [3.8, 4) is 5.75 Å². The van der Waals surface area contributed by atoms with E-state index in [9.17, 15) is 9.90 Å². The van der Waals surface area contributed by atoms with Crippen LogP contribution in [0.5, 0.6) is 5.75 Å². The molecule has 0 saturated heterocycles. The molecule has 17 heavy (non-hydrogen) atoms. The Morgan fingerprint density at radius 1 is 1.47 bits per heavy atom. The van der Waals surface area contributed by atoms with Gasteiger partial charge in [0.05, 0.1) is 5.69 Å². The number of benzene rings is 1. The van der Waals surface area contributed by atoms with Crippen LogP contribution in [-0.4, -0.2) is 21.2 Å². The summed E-state index contributed by atoms with van der Waals surface area (Å²) >= 11 is 0. The van der Waals surface area contributed by atoms with Gasteiger partial charge in [-0.25, -0.2) is 0 Å². The Bertz CT molecular complexity index is 562. The number of nitrogens with one attached hydrogen (secondary N) is 2. The summed E-state index contributed by atoms with van der Waals surface area (Å²) < 4.78 is 0. The number of rotatable bonds is 2. The number of aryl methyl sites for hydroxylation is 1. The molecular weight excluding hydrogens is 220 g/mol. The standard InChI is InChI=1S/C11H12N4O2/c1-6-4-10(15-14-6)13-11(17)7-2-3-8(12)9(16)5-7/h2-5,16H,12H2,1H3,(H2,13,14,15,17). The highest BCUT2D eigenvalue weighted by molar-refractivity contribution is 6.04. The number of aromatic nitrogens is 2. The molecule has 2 aromatic rings. The van der Waals surface area contributed by atoms with Crippen molar-refractivity contribution >= 4 is 17.4 Å². The van der Waals surface area contributed by atoms with E-state index in [1.165, 1.54) is 18.2 Å². The van der Waals surface area contributed by atoms with Gasteiger partial charge in [-0.05, 0) is 25.1 Å². The molecule has 2 rings (SSSR count). The molecule has 6 heteroatoms. The molecule has 6 nitrogen and oxygen atoms in total. The number of hydrogen-bond donors (Lipinski definition) is 4. The van der Waals surface area contributed by atoms with Crippen LogP contribution in [-0.2, 0) is 0 Å². The van der Waals surface area contributed by atoms with E-state index in [-0.39, 0.29) is 17.3 Å². The Morgan fingerprint density at radius 2 is 2.24 bits per heavy atom. The third kappa shape index (κ3) is 2.36. The van der Waals surface area contributed by atoms with Crippen LogP contribution < -0.4 is 11.1 Å². The van der Waals surface area contributed by atoms with Crippen LogP contribution in [0.2, 0.25) is 0 Å². The maximum absolute atomic E-state index is 11.8. The van der Waals surface area contributed by atoms with E-state index in [4.69, 9.17) is 5.73 Å². The Hall–Kier alpha value is -2.50. The summed E-state index contributed by atoms with van der Waals surface area (Å²) in [5.74, 6) is -0.0357. The molecular formula is C11H12N4O2. The number of anilines is 2. The fourth-order valence-corrected chi connectivity index (χ4v) is 1.36. The summed E-state index contributed by atoms with van der Waals surface area (Å²) in [5.41, 5.74) is 6.84. The molecule has 0 radical (unpaired) electrons. The molecule has 0 aliphatic rings. The van der Waals surface area contributed by atoms with Crippen molar-refractivity contribution in [2.75, 3.05) is 11.1 Å². The average molecular weight is 232 g/mol. The van der Waals surface area contributed by atoms with Crippen LogP contribution in [0, 0.1) is 6.92 Å². The Labute approximate surface area is 97.5 Å². The van der Waals surface area contributed by atoms with Gasteiger partial charge in [-0.1, -0.05) is 0 Å². The largest absolute Gasteiger partial charge is 0.506 e. The molecule has 0 saturated carbocycles. The molecule has 1 amide bonds. The number of nitrogens with zero attached hydrogens (tertiary/aromatic N) is 1. The number of nitrogens with two attached hydrogens (primary N) is 1. The lowest BCUT2D eigenvalue weighted by molar-refractivity contribution is 0.102. The first-order valence-electron chi connectivity index (χ1n) is 4.98. The van der Waals surface area contributed by atoms with Gasteiger partial charge in [0.1, 0.15) is 5.75 Å². The first kappa shape index (κ1) is 11.0. The van der Waals surface area contributed by atoms with E-state index in [2.05, 4.69) is 15.5 Å². The lowest BCUT2D eigenvalue weighted by atomic mass is 10.2. The van der Waals surface area contributed by atoms with Crippen LogP contribution in [0.3, 0.4) is 0 Å². The predicted octanol–water partition coefficient (Wildman–Crippen LogP) is 1.26. The molecule has 0 aliphatic carbocycles. The van der Waals surface area contributed by atoms with E-state index in [0.29, 0.717) is 11.4 Å². The number of phenolic OH excluding ortho intramolecular Hbond substituents is 1. The van der Waals surface area contributed by atoms with Crippen molar-refractivity contribution < 1.29 is 9.90 Å². The topological polar surface area (TPSA) is 104 Å². The summed E-state index contributed by atoms with van der Waals surface area (Å²) in [6, 6.07) is 6.02. The fraction of sp³-hybridized carbons (Fsp3) is 0.0909. The predicted molar refractivity (Wildman–Crippen MR) is 63.8 cm³/mol. The minimum atomic E-state index is -0.355. The van der Waals surface area contributed by atoms with Crippen molar-refractivity contribution in [2.45, 2.75) is 6.92 Å². The highest BCUT2D eigenvalue weighted by Crippen LogP contribution is 2.21. The third-order valence-electron chi connectivity index (χ3n) is 2.24. The van der Waals surface area contributed by atoms with Crippen LogP contribution in [0.25, 0.3) is 0 Å². The molecule has 0 bridgehead atoms. The van der Waals surface area contributed by atoms with Crippen molar-refractivity contribution in [2.24, 2.45) is 0 Å². The highest BCUT2D eigenvalue weighted by atomic mass is 16.3. The maximum Gasteiger partial charge on any atom is 0.257 e. The van der Waals surface area contributed by atoms with Gasteiger partial charge in [0.15, 0.2) is 5.82 Å². The molecule has 0 fully saturated rings. The van der Waals surface area contributed by atoms with E-state index in [1.54, 1.807) is 6.07 Å². The number of hydrogen-bond acceptors (Lipinski definition) is 4. The van der Waals surface area contributed by atoms with Gasteiger partial charge < -0.3 is 16.2 Å². The average Bonchev–Trinajstić information content (AvgIpc) is 2.68. The molecule has 0 unspecified atom stereocenters. The summed E-state index contributed by atoms with van der Waals surface area (Å²) in [5, 5.41) is 18.6. The number of carbonyl (C=O) groups excluding carboxylic acids is 1. The monoisotopic (exact) mass is 232 g/mol. The van der Waals surface area contributed by atoms with Crippen LogP contribution in [0.15, 0.2) is 24.3 Å². The number of amides is 1. The van der Waals surface area contributed by atoms with Gasteiger partial charge in [0.2, 0.25) is 0 Å². The molecule has 1 aromatic heterocycles. The number of H-pyrrole nitrogens is 1. The smallest absolute Gasteiger partial charge is 0.257 e. The quantitative estimate of drug-likeness (QED) is 0.462. The second-order valence-corrected chi connectivity index (χ2v) is 3.66. The van der Waals surface area contributed by atoms with Gasteiger partial charge in [0.25, 0.3) is 5.91 Å². The number of aromatic amines is 1. The Kier molecular flexibility index (Phi) is 2.70. The first-order chi connectivity index (χ1) is 8.06. The van der Waals surface area contributed by atoms with Gasteiger partial charge in [-0.15, -0.1) is 0 Å². The Morgan fingerprint density at radius 3 is 2.82 bits per heavy atom. The van der Waals surface area contributed by atoms with Crippen molar-refractivity contribution in [1.29, 1.82) is 0 Å². The number of phenols is 1. The first-order valence-corrected chi connectivity index (χ1v) is 4.98. The zero-order chi connectivity index (χ0) is 12.4. The lowest BCUT2D eigenvalue weighted by Gasteiger charge is -2.03. The lowest BCUT2D eigenvalue weighted by Crippen LogP contribution is -2.12. The molecule has 5 N–H and O–H groups in total. The van der Waals surface area contributed by atoms with Crippen LogP contribution >= 0.6 is 0 Å². The normalized spacial score (nSPS) is 10.2. The molecule has 88 valence electrons. The third-order valence-corrected chi connectivity index (χ3v) is 2.24. The minimum Gasteiger partial charge on any atom is -0.506 e. The molecule has 0 aliphatic heterocycles. The van der Waals surface area contributed by atoms with E-state index < -0.39 is 0 Å². The number of nitrogen functional groups attached to an aromatic ring is 1. The van der Waals surface area contributed by atoms with Gasteiger partial charge in [0, 0.05) is 17.3 Å². The summed E-state index contributed by atoms with van der Waals surface area (Å²) in [4.78, 5) is 11.8. The van der Waals surface area contributed by atoms with E-state index in [0.717, 1.165) is 5.69 Å². The molecule has 1 aromatic carbocycles. The van der Waals surface area contributed by atoms with Gasteiger partial charge >= 0.3 is 0 Å². The van der Waals surface area contributed by atoms with Crippen LogP contribution in [0.4, 0.5) is 11.5 Å². The summed E-state index contributed by atoms with van der Waals surface area (Å²) in [6.45, 7) is 1.83.